The molecule has 1 saturated heterocycles. The van der Waals surface area contributed by atoms with Crippen LogP contribution < -0.4 is 15.8 Å². The van der Waals surface area contributed by atoms with E-state index in [1.165, 1.54) is 11.3 Å². The van der Waals surface area contributed by atoms with Crippen molar-refractivity contribution in [1.29, 1.82) is 0 Å². The summed E-state index contributed by atoms with van der Waals surface area (Å²) < 4.78 is 5.37. The van der Waals surface area contributed by atoms with E-state index in [0.29, 0.717) is 35.4 Å². The molecule has 4 aromatic rings. The van der Waals surface area contributed by atoms with Gasteiger partial charge in [-0.3, -0.25) is 20.4 Å². The van der Waals surface area contributed by atoms with Gasteiger partial charge >= 0.3 is 0 Å². The van der Waals surface area contributed by atoms with Gasteiger partial charge in [0.15, 0.2) is 5.13 Å². The minimum absolute atomic E-state index is 0.257. The highest BCUT2D eigenvalue weighted by Crippen LogP contribution is 2.28. The number of ether oxygens (including phenoxy) is 1. The van der Waals surface area contributed by atoms with Crippen LogP contribution in [0.25, 0.3) is 22.2 Å². The second-order valence-corrected chi connectivity index (χ2v) is 9.25. The van der Waals surface area contributed by atoms with Crippen LogP contribution in [0, 0.1) is 13.8 Å². The lowest BCUT2D eigenvalue weighted by Crippen LogP contribution is -2.42. The number of hydrazine groups is 1. The van der Waals surface area contributed by atoms with E-state index < -0.39 is 11.8 Å². The van der Waals surface area contributed by atoms with Crippen LogP contribution in [0.1, 0.15) is 32.0 Å². The molecule has 9 heteroatoms. The minimum atomic E-state index is -0.470. The van der Waals surface area contributed by atoms with Crippen LogP contribution in [-0.4, -0.2) is 48.1 Å². The molecule has 0 atom stereocenters. The number of carbonyl (C=O) groups excluding carboxylic acids is 2. The van der Waals surface area contributed by atoms with Gasteiger partial charge in [-0.1, -0.05) is 42.0 Å². The van der Waals surface area contributed by atoms with E-state index in [9.17, 15) is 9.59 Å². The Balaban J connectivity index is 1.37. The van der Waals surface area contributed by atoms with Crippen molar-refractivity contribution in [2.24, 2.45) is 0 Å². The Bertz CT molecular complexity index is 1410. The molecule has 8 nitrogen and oxygen atoms in total. The van der Waals surface area contributed by atoms with E-state index in [4.69, 9.17) is 9.72 Å². The quantitative estimate of drug-likeness (QED) is 0.424. The first kappa shape index (κ1) is 22.9. The van der Waals surface area contributed by atoms with E-state index in [0.717, 1.165) is 34.9 Å². The second-order valence-electron chi connectivity index (χ2n) is 8.41. The largest absolute Gasteiger partial charge is 0.378 e. The molecule has 5 rings (SSSR count). The zero-order valence-corrected chi connectivity index (χ0v) is 20.3. The van der Waals surface area contributed by atoms with E-state index in [1.807, 2.05) is 50.2 Å². The Morgan fingerprint density at radius 3 is 2.54 bits per heavy atom. The van der Waals surface area contributed by atoms with Gasteiger partial charge < -0.3 is 9.64 Å². The molecule has 35 heavy (non-hydrogen) atoms. The van der Waals surface area contributed by atoms with Crippen LogP contribution in [0.3, 0.4) is 0 Å². The number of morpholine rings is 1. The fraction of sp³-hybridized carbons (Fsp3) is 0.231. The molecule has 0 bridgehead atoms. The first-order chi connectivity index (χ1) is 17.0. The monoisotopic (exact) mass is 487 g/mol. The summed E-state index contributed by atoms with van der Waals surface area (Å²) in [6.07, 6.45) is 0. The highest BCUT2D eigenvalue weighted by molar-refractivity contribution is 7.13. The number of pyridine rings is 1. The number of benzene rings is 2. The molecule has 2 amide bonds. The lowest BCUT2D eigenvalue weighted by atomic mass is 9.99. The topological polar surface area (TPSA) is 96.5 Å². The Labute approximate surface area is 206 Å². The van der Waals surface area contributed by atoms with Crippen LogP contribution in [-0.2, 0) is 4.74 Å². The smallest absolute Gasteiger partial charge is 0.289 e. The Kier molecular flexibility index (Phi) is 6.43. The van der Waals surface area contributed by atoms with E-state index >= 15 is 0 Å². The lowest BCUT2D eigenvalue weighted by Gasteiger charge is -2.25. The normalized spacial score (nSPS) is 13.6. The van der Waals surface area contributed by atoms with Crippen LogP contribution in [0.4, 0.5) is 5.13 Å². The number of para-hydroxylation sites is 1. The van der Waals surface area contributed by atoms with Crippen molar-refractivity contribution in [2.45, 2.75) is 13.8 Å². The number of hydrogen-bond acceptors (Lipinski definition) is 7. The third kappa shape index (κ3) is 4.87. The van der Waals surface area contributed by atoms with E-state index in [1.54, 1.807) is 11.4 Å². The van der Waals surface area contributed by atoms with Crippen LogP contribution >= 0.6 is 11.3 Å². The lowest BCUT2D eigenvalue weighted by molar-refractivity contribution is 0.0845. The number of hydrogen-bond donors (Lipinski definition) is 2. The maximum Gasteiger partial charge on any atom is 0.289 e. The Morgan fingerprint density at radius 1 is 0.971 bits per heavy atom. The molecule has 2 N–H and O–H groups in total. The third-order valence-corrected chi connectivity index (χ3v) is 6.82. The number of carbonyl (C=O) groups is 2. The molecule has 0 saturated carbocycles. The molecular weight excluding hydrogens is 462 g/mol. The fourth-order valence-electron chi connectivity index (χ4n) is 4.12. The summed E-state index contributed by atoms with van der Waals surface area (Å²) >= 11 is 1.40. The molecule has 178 valence electrons. The van der Waals surface area contributed by atoms with Crippen molar-refractivity contribution < 1.29 is 14.3 Å². The van der Waals surface area contributed by atoms with Crippen molar-refractivity contribution >= 4 is 39.2 Å². The molecule has 2 aromatic heterocycles. The summed E-state index contributed by atoms with van der Waals surface area (Å²) in [7, 11) is 0. The van der Waals surface area contributed by atoms with Gasteiger partial charge in [-0.25, -0.2) is 9.97 Å². The van der Waals surface area contributed by atoms with Crippen LogP contribution in [0.2, 0.25) is 0 Å². The summed E-state index contributed by atoms with van der Waals surface area (Å²) in [5.41, 5.74) is 10.3. The molecule has 0 radical (unpaired) electrons. The van der Waals surface area contributed by atoms with Crippen molar-refractivity contribution in [3.05, 3.63) is 76.3 Å². The minimum Gasteiger partial charge on any atom is -0.378 e. The molecule has 1 aliphatic heterocycles. The summed E-state index contributed by atoms with van der Waals surface area (Å²) in [6.45, 7) is 6.82. The molecule has 1 aliphatic rings. The number of nitrogens with one attached hydrogen (secondary N) is 2. The van der Waals surface area contributed by atoms with Gasteiger partial charge in [0.1, 0.15) is 5.69 Å². The van der Waals surface area contributed by atoms with Gasteiger partial charge in [-0.2, -0.15) is 0 Å². The van der Waals surface area contributed by atoms with Gasteiger partial charge in [0.2, 0.25) is 0 Å². The molecule has 1 fully saturated rings. The highest BCUT2D eigenvalue weighted by atomic mass is 32.1. The molecule has 3 heterocycles. The Morgan fingerprint density at radius 2 is 1.74 bits per heavy atom. The third-order valence-electron chi connectivity index (χ3n) is 5.91. The number of aryl methyl sites for hydroxylation is 2. The molecule has 0 aliphatic carbocycles. The van der Waals surface area contributed by atoms with Crippen molar-refractivity contribution in [3.63, 3.8) is 0 Å². The number of thiazole rings is 1. The Hall–Kier alpha value is -3.82. The molecule has 0 spiro atoms. The number of amides is 2. The predicted octanol–water partition coefficient (Wildman–Crippen LogP) is 3.89. The maximum absolute atomic E-state index is 13.2. The van der Waals surface area contributed by atoms with Crippen LogP contribution in [0.15, 0.2) is 53.9 Å². The van der Waals surface area contributed by atoms with Gasteiger partial charge in [0.05, 0.1) is 30.0 Å². The average Bonchev–Trinajstić information content (AvgIpc) is 3.37. The first-order valence-electron chi connectivity index (χ1n) is 11.4. The van der Waals surface area contributed by atoms with Gasteiger partial charge in [0, 0.05) is 29.4 Å². The van der Waals surface area contributed by atoms with E-state index in [-0.39, 0.29) is 5.69 Å². The van der Waals surface area contributed by atoms with Crippen molar-refractivity contribution in [2.75, 3.05) is 31.2 Å². The SMILES string of the molecule is Cc1ccc(-c2cc(C(=O)NNC(=O)c3csc(N4CCOCC4)n3)c3ccccc3n2)c(C)c1. The number of nitrogens with zero attached hydrogens (tertiary/aromatic N) is 3. The second kappa shape index (κ2) is 9.81. The first-order valence-corrected chi connectivity index (χ1v) is 12.2. The van der Waals surface area contributed by atoms with Crippen LogP contribution in [0.5, 0.6) is 0 Å². The number of aromatic nitrogens is 2. The molecular formula is C26H25N5O3S. The van der Waals surface area contributed by atoms with Gasteiger partial charge in [0.25, 0.3) is 11.8 Å². The van der Waals surface area contributed by atoms with Gasteiger partial charge in [-0.15, -0.1) is 11.3 Å². The summed E-state index contributed by atoms with van der Waals surface area (Å²) in [5.74, 6) is -0.895. The fourth-order valence-corrected chi connectivity index (χ4v) is 4.98. The zero-order valence-electron chi connectivity index (χ0n) is 19.5. The van der Waals surface area contributed by atoms with Gasteiger partial charge in [-0.05, 0) is 31.5 Å². The number of anilines is 1. The van der Waals surface area contributed by atoms with Crippen molar-refractivity contribution in [3.8, 4) is 11.3 Å². The maximum atomic E-state index is 13.2. The predicted molar refractivity (Wildman–Crippen MR) is 137 cm³/mol. The molecule has 0 unspecified atom stereocenters. The summed E-state index contributed by atoms with van der Waals surface area (Å²) in [6, 6.07) is 15.4. The average molecular weight is 488 g/mol. The standard InChI is InChI=1S/C26H25N5O3S/c1-16-7-8-18(17(2)13-16)22-14-20(19-5-3-4-6-21(19)27-22)24(32)29-30-25(33)23-15-35-26(28-23)31-9-11-34-12-10-31/h3-8,13-15H,9-12H2,1-2H3,(H,29,32)(H,30,33). The number of rotatable bonds is 4. The summed E-state index contributed by atoms with van der Waals surface area (Å²) in [4.78, 5) is 37.1. The molecule has 2 aromatic carbocycles. The van der Waals surface area contributed by atoms with E-state index in [2.05, 4.69) is 26.8 Å². The number of fused-ring (bicyclic) bond motifs is 1. The van der Waals surface area contributed by atoms with Crippen molar-refractivity contribution in [1.82, 2.24) is 20.8 Å². The summed E-state index contributed by atoms with van der Waals surface area (Å²) in [5, 5.41) is 3.16. The highest BCUT2D eigenvalue weighted by Gasteiger charge is 2.19. The zero-order chi connectivity index (χ0) is 24.4.